The summed E-state index contributed by atoms with van der Waals surface area (Å²) in [4.78, 5) is 2.29. The van der Waals surface area contributed by atoms with Crippen LogP contribution < -0.4 is 4.90 Å². The van der Waals surface area contributed by atoms with E-state index < -0.39 is 9.84 Å². The van der Waals surface area contributed by atoms with E-state index in [0.717, 1.165) is 36.2 Å². The van der Waals surface area contributed by atoms with Gasteiger partial charge >= 0.3 is 0 Å². The van der Waals surface area contributed by atoms with Crippen LogP contribution in [0.25, 0.3) is 11.4 Å². The summed E-state index contributed by atoms with van der Waals surface area (Å²) in [5.74, 6) is 1.44. The molecule has 6 nitrogen and oxygen atoms in total. The second kappa shape index (κ2) is 8.71. The lowest BCUT2D eigenvalue weighted by atomic mass is 10.2. The van der Waals surface area contributed by atoms with E-state index in [0.29, 0.717) is 5.75 Å². The molecular weight excluding hydrogens is 356 g/mol. The molecule has 138 valence electrons. The Morgan fingerprint density at radius 3 is 2.24 bits per heavy atom. The van der Waals surface area contributed by atoms with E-state index >= 15 is 0 Å². The van der Waals surface area contributed by atoms with E-state index in [1.807, 2.05) is 11.5 Å². The first-order chi connectivity index (χ1) is 11.9. The Morgan fingerprint density at radius 2 is 1.72 bits per heavy atom. The van der Waals surface area contributed by atoms with E-state index in [1.165, 1.54) is 23.7 Å². The van der Waals surface area contributed by atoms with Crippen molar-refractivity contribution in [2.45, 2.75) is 32.5 Å². The molecule has 0 spiro atoms. The number of nitrogens with zero attached hydrogens (tertiary/aromatic N) is 4. The van der Waals surface area contributed by atoms with Gasteiger partial charge in [-0.15, -0.1) is 10.2 Å². The Kier molecular flexibility index (Phi) is 6.89. The second-order valence-electron chi connectivity index (χ2n) is 5.75. The molecule has 0 aliphatic heterocycles. The monoisotopic (exact) mass is 382 g/mol. The molecule has 1 aromatic heterocycles. The first-order valence-electron chi connectivity index (χ1n) is 8.48. The van der Waals surface area contributed by atoms with Gasteiger partial charge in [0.1, 0.15) is 9.84 Å². The topological polar surface area (TPSA) is 68.1 Å². The minimum Gasteiger partial charge on any atom is -0.372 e. The Hall–Kier alpha value is -1.54. The minimum absolute atomic E-state index is 0.141. The van der Waals surface area contributed by atoms with E-state index in [9.17, 15) is 8.42 Å². The predicted octanol–water partition coefficient (Wildman–Crippen LogP) is 2.95. The van der Waals surface area contributed by atoms with Gasteiger partial charge in [0.25, 0.3) is 0 Å². The highest BCUT2D eigenvalue weighted by Gasteiger charge is 2.14. The smallest absolute Gasteiger partial charge is 0.191 e. The van der Waals surface area contributed by atoms with Crippen LogP contribution in [-0.2, 0) is 16.4 Å². The van der Waals surface area contributed by atoms with Gasteiger partial charge in [-0.3, -0.25) is 0 Å². The van der Waals surface area contributed by atoms with Gasteiger partial charge < -0.3 is 9.47 Å². The van der Waals surface area contributed by atoms with Crippen molar-refractivity contribution in [3.8, 4) is 11.4 Å². The first-order valence-corrected chi connectivity index (χ1v) is 11.5. The zero-order chi connectivity index (χ0) is 18.4. The fourth-order valence-corrected chi connectivity index (χ4v) is 4.79. The van der Waals surface area contributed by atoms with Crippen molar-refractivity contribution in [2.24, 2.45) is 0 Å². The van der Waals surface area contributed by atoms with Crippen LogP contribution in [0.1, 0.15) is 20.8 Å². The highest BCUT2D eigenvalue weighted by atomic mass is 32.2. The maximum atomic E-state index is 11.3. The van der Waals surface area contributed by atoms with Gasteiger partial charge in [0.15, 0.2) is 11.0 Å². The number of rotatable bonds is 9. The molecule has 1 aromatic carbocycles. The fourth-order valence-electron chi connectivity index (χ4n) is 2.59. The second-order valence-corrected chi connectivity index (χ2v) is 9.07. The summed E-state index contributed by atoms with van der Waals surface area (Å²) in [7, 11) is -2.96. The molecule has 0 amide bonds. The lowest BCUT2D eigenvalue weighted by Crippen LogP contribution is -2.21. The predicted molar refractivity (Wildman–Crippen MR) is 105 cm³/mol. The van der Waals surface area contributed by atoms with Crippen LogP contribution in [0.15, 0.2) is 29.4 Å². The summed E-state index contributed by atoms with van der Waals surface area (Å²) in [6.45, 7) is 9.01. The lowest BCUT2D eigenvalue weighted by molar-refractivity contribution is 0.603. The Morgan fingerprint density at radius 1 is 1.08 bits per heavy atom. The highest BCUT2D eigenvalue weighted by Crippen LogP contribution is 2.26. The van der Waals surface area contributed by atoms with Crippen molar-refractivity contribution >= 4 is 27.3 Å². The summed E-state index contributed by atoms with van der Waals surface area (Å²) in [5.41, 5.74) is 2.21. The fraction of sp³-hybridized carbons (Fsp3) is 0.529. The quantitative estimate of drug-likeness (QED) is 0.621. The van der Waals surface area contributed by atoms with Crippen molar-refractivity contribution in [1.29, 1.82) is 0 Å². The molecule has 0 bridgehead atoms. The van der Waals surface area contributed by atoms with Gasteiger partial charge in [0, 0.05) is 42.9 Å². The Bertz CT molecular complexity index is 781. The van der Waals surface area contributed by atoms with E-state index in [2.05, 4.69) is 53.2 Å². The summed E-state index contributed by atoms with van der Waals surface area (Å²) >= 11 is 1.43. The summed E-state index contributed by atoms with van der Waals surface area (Å²) in [6.07, 6.45) is 1.25. The van der Waals surface area contributed by atoms with E-state index in [1.54, 1.807) is 0 Å². The maximum Gasteiger partial charge on any atom is 0.191 e. The molecule has 0 atom stereocenters. The number of thioether (sulfide) groups is 1. The molecule has 25 heavy (non-hydrogen) atoms. The Labute approximate surface area is 154 Å². The van der Waals surface area contributed by atoms with E-state index in [4.69, 9.17) is 0 Å². The van der Waals surface area contributed by atoms with Crippen LogP contribution in [0.4, 0.5) is 5.69 Å². The summed E-state index contributed by atoms with van der Waals surface area (Å²) < 4.78 is 24.6. The van der Waals surface area contributed by atoms with Crippen molar-refractivity contribution in [3.05, 3.63) is 24.3 Å². The number of aromatic nitrogens is 3. The van der Waals surface area contributed by atoms with Crippen molar-refractivity contribution in [3.63, 3.8) is 0 Å². The number of benzene rings is 1. The van der Waals surface area contributed by atoms with Crippen LogP contribution in [0.3, 0.4) is 0 Å². The molecule has 0 N–H and O–H groups in total. The van der Waals surface area contributed by atoms with Crippen molar-refractivity contribution in [1.82, 2.24) is 14.8 Å². The minimum atomic E-state index is -2.96. The number of hydrogen-bond donors (Lipinski definition) is 0. The van der Waals surface area contributed by atoms with Gasteiger partial charge in [-0.1, -0.05) is 11.8 Å². The first kappa shape index (κ1) is 19.8. The van der Waals surface area contributed by atoms with Gasteiger partial charge in [0.2, 0.25) is 0 Å². The molecule has 0 aliphatic carbocycles. The third-order valence-corrected chi connectivity index (χ3v) is 6.15. The third-order valence-electron chi connectivity index (χ3n) is 3.97. The molecule has 8 heteroatoms. The molecule has 2 rings (SSSR count). The standard InChI is InChI=1S/C17H26N4O2S2/c1-5-20(6-2)15-10-8-14(9-11-15)16-18-19-17(21(16)7-3)24-12-13-25(4,22)23/h8-11H,5-7,12-13H2,1-4H3. The van der Waals surface area contributed by atoms with Crippen molar-refractivity contribution in [2.75, 3.05) is 35.8 Å². The van der Waals surface area contributed by atoms with Crippen LogP contribution in [-0.4, -0.2) is 54.0 Å². The van der Waals surface area contributed by atoms with Gasteiger partial charge in [0.05, 0.1) is 5.75 Å². The summed E-state index contributed by atoms with van der Waals surface area (Å²) in [5, 5.41) is 9.32. The molecule has 0 saturated heterocycles. The summed E-state index contributed by atoms with van der Waals surface area (Å²) in [6, 6.07) is 8.34. The van der Waals surface area contributed by atoms with Crippen LogP contribution in [0, 0.1) is 0 Å². The number of sulfone groups is 1. The molecule has 0 saturated carbocycles. The van der Waals surface area contributed by atoms with Gasteiger partial charge in [-0.2, -0.15) is 0 Å². The molecular formula is C17H26N4O2S2. The van der Waals surface area contributed by atoms with Gasteiger partial charge in [-0.25, -0.2) is 8.42 Å². The molecule has 1 heterocycles. The zero-order valence-corrected chi connectivity index (χ0v) is 16.9. The zero-order valence-electron chi connectivity index (χ0n) is 15.3. The Balaban J connectivity index is 2.19. The van der Waals surface area contributed by atoms with Crippen LogP contribution in [0.2, 0.25) is 0 Å². The highest BCUT2D eigenvalue weighted by molar-refractivity contribution is 8.00. The van der Waals surface area contributed by atoms with Gasteiger partial charge in [-0.05, 0) is 45.0 Å². The third kappa shape index (κ3) is 5.22. The molecule has 2 aromatic rings. The molecule has 0 fully saturated rings. The van der Waals surface area contributed by atoms with Crippen LogP contribution >= 0.6 is 11.8 Å². The number of anilines is 1. The van der Waals surface area contributed by atoms with Crippen LogP contribution in [0.5, 0.6) is 0 Å². The number of hydrogen-bond acceptors (Lipinski definition) is 6. The maximum absolute atomic E-state index is 11.3. The molecule has 0 unspecified atom stereocenters. The lowest BCUT2D eigenvalue weighted by Gasteiger charge is -2.21. The molecule has 0 aliphatic rings. The largest absolute Gasteiger partial charge is 0.372 e. The average molecular weight is 383 g/mol. The SMILES string of the molecule is CCN(CC)c1ccc(-c2nnc(SCCS(C)(=O)=O)n2CC)cc1. The average Bonchev–Trinajstić information content (AvgIpc) is 2.98. The van der Waals surface area contributed by atoms with Crippen molar-refractivity contribution < 1.29 is 8.42 Å². The molecule has 0 radical (unpaired) electrons. The normalized spacial score (nSPS) is 11.7. The van der Waals surface area contributed by atoms with E-state index in [-0.39, 0.29) is 5.75 Å².